The van der Waals surface area contributed by atoms with Gasteiger partial charge in [-0.05, 0) is 97.2 Å². The first-order chi connectivity index (χ1) is 24.8. The molecule has 0 atom stereocenters. The number of hydrogen-bond acceptors (Lipinski definition) is 1. The van der Waals surface area contributed by atoms with Gasteiger partial charge in [0.25, 0.3) is 0 Å². The van der Waals surface area contributed by atoms with E-state index in [0.29, 0.717) is 0 Å². The molecule has 0 unspecified atom stereocenters. The van der Waals surface area contributed by atoms with Crippen LogP contribution in [0.2, 0.25) is 0 Å². The number of imidazole rings is 1. The van der Waals surface area contributed by atoms with Gasteiger partial charge in [-0.2, -0.15) is 0 Å². The number of fused-ring (bicyclic) bond motifs is 3. The molecule has 0 aliphatic rings. The molecular weight excluding hydrogens is 605 g/mol. The number of para-hydroxylation sites is 2. The van der Waals surface area contributed by atoms with Crippen molar-refractivity contribution in [2.24, 2.45) is 0 Å². The molecule has 0 aliphatic carbocycles. The topological polar surface area (TPSA) is 17.8 Å². The van der Waals surface area contributed by atoms with Gasteiger partial charge in [0, 0.05) is 11.3 Å². The molecule has 238 valence electrons. The number of rotatable bonds is 7. The van der Waals surface area contributed by atoms with Crippen LogP contribution in [0.5, 0.6) is 0 Å². The Morgan fingerprint density at radius 1 is 0.440 bits per heavy atom. The highest BCUT2D eigenvalue weighted by molar-refractivity contribution is 6.22. The van der Waals surface area contributed by atoms with E-state index < -0.39 is 0 Å². The number of hydrogen-bond donors (Lipinski definition) is 0. The van der Waals surface area contributed by atoms with Crippen molar-refractivity contribution in [2.45, 2.75) is 19.8 Å². The van der Waals surface area contributed by atoms with Crippen molar-refractivity contribution in [1.82, 2.24) is 9.55 Å². The van der Waals surface area contributed by atoms with Crippen LogP contribution in [0.15, 0.2) is 176 Å². The molecular formula is C48H36N2. The molecule has 0 bridgehead atoms. The van der Waals surface area contributed by atoms with Crippen molar-refractivity contribution >= 4 is 32.6 Å². The molecule has 50 heavy (non-hydrogen) atoms. The molecule has 2 nitrogen and oxygen atoms in total. The normalized spacial score (nSPS) is 11.5. The highest BCUT2D eigenvalue weighted by Crippen LogP contribution is 2.45. The van der Waals surface area contributed by atoms with Crippen LogP contribution in [0.1, 0.15) is 18.9 Å². The Labute approximate surface area is 292 Å². The van der Waals surface area contributed by atoms with Gasteiger partial charge in [0.2, 0.25) is 0 Å². The van der Waals surface area contributed by atoms with E-state index in [1.54, 1.807) is 0 Å². The summed E-state index contributed by atoms with van der Waals surface area (Å²) in [6.07, 6.45) is 2.19. The molecule has 0 radical (unpaired) electrons. The summed E-state index contributed by atoms with van der Waals surface area (Å²) in [5.74, 6) is 0.945. The fraction of sp³-hybridized carbons (Fsp3) is 0.0625. The quantitative estimate of drug-likeness (QED) is 0.159. The zero-order valence-electron chi connectivity index (χ0n) is 28.1. The largest absolute Gasteiger partial charge is 0.292 e. The maximum atomic E-state index is 5.05. The minimum Gasteiger partial charge on any atom is -0.292 e. The summed E-state index contributed by atoms with van der Waals surface area (Å²) in [4.78, 5) is 5.05. The molecule has 2 heteroatoms. The summed E-state index contributed by atoms with van der Waals surface area (Å²) in [5.41, 5.74) is 13.1. The average Bonchev–Trinajstić information content (AvgIpc) is 3.58. The van der Waals surface area contributed by atoms with Crippen molar-refractivity contribution in [2.75, 3.05) is 0 Å². The van der Waals surface area contributed by atoms with Crippen LogP contribution in [0.3, 0.4) is 0 Å². The van der Waals surface area contributed by atoms with Gasteiger partial charge < -0.3 is 0 Å². The number of nitrogens with zero attached hydrogens (tertiary/aromatic N) is 2. The van der Waals surface area contributed by atoms with E-state index in [9.17, 15) is 0 Å². The standard InChI is InChI=1S/C48H36N2/c1-2-14-33-23-29-40-42(31-33)46(35-15-6-3-7-16-35)41-30-26-38(32-43(41)47(40)36-17-8-4-9-18-36)34-24-27-39(28-25-34)50-45-22-13-12-21-44(45)49-48(50)37-19-10-5-11-20-37/h3-13,15-32H,2,14H2,1H3. The van der Waals surface area contributed by atoms with E-state index in [0.717, 1.165) is 41.0 Å². The van der Waals surface area contributed by atoms with Crippen LogP contribution >= 0.6 is 0 Å². The molecule has 9 aromatic rings. The number of aryl methyl sites for hydroxylation is 1. The molecule has 8 aromatic carbocycles. The first-order valence-electron chi connectivity index (χ1n) is 17.5. The second-order valence-corrected chi connectivity index (χ2v) is 13.0. The zero-order valence-corrected chi connectivity index (χ0v) is 28.1. The molecule has 1 heterocycles. The molecule has 9 rings (SSSR count). The van der Waals surface area contributed by atoms with E-state index >= 15 is 0 Å². The summed E-state index contributed by atoms with van der Waals surface area (Å²) in [6.45, 7) is 2.26. The Morgan fingerprint density at radius 2 is 0.980 bits per heavy atom. The van der Waals surface area contributed by atoms with Gasteiger partial charge in [-0.15, -0.1) is 0 Å². The lowest BCUT2D eigenvalue weighted by Gasteiger charge is -2.19. The van der Waals surface area contributed by atoms with Gasteiger partial charge >= 0.3 is 0 Å². The molecule has 0 saturated carbocycles. The lowest BCUT2D eigenvalue weighted by molar-refractivity contribution is 0.924. The second kappa shape index (κ2) is 12.7. The van der Waals surface area contributed by atoms with Crippen LogP contribution < -0.4 is 0 Å². The van der Waals surface area contributed by atoms with E-state index in [-0.39, 0.29) is 0 Å². The van der Waals surface area contributed by atoms with Crippen molar-refractivity contribution in [1.29, 1.82) is 0 Å². The smallest absolute Gasteiger partial charge is 0.145 e. The summed E-state index contributed by atoms with van der Waals surface area (Å²) in [6, 6.07) is 63.7. The Hall–Kier alpha value is -6.25. The first-order valence-corrected chi connectivity index (χ1v) is 17.5. The van der Waals surface area contributed by atoms with Crippen LogP contribution in [-0.2, 0) is 6.42 Å². The maximum absolute atomic E-state index is 5.05. The van der Waals surface area contributed by atoms with Gasteiger partial charge in [-0.25, -0.2) is 4.98 Å². The third-order valence-electron chi connectivity index (χ3n) is 9.90. The van der Waals surface area contributed by atoms with Crippen molar-refractivity contribution in [3.05, 3.63) is 181 Å². The van der Waals surface area contributed by atoms with Crippen molar-refractivity contribution in [3.8, 4) is 50.5 Å². The fourth-order valence-electron chi connectivity index (χ4n) is 7.60. The highest BCUT2D eigenvalue weighted by Gasteiger charge is 2.19. The van der Waals surface area contributed by atoms with Gasteiger partial charge in [-0.1, -0.05) is 159 Å². The van der Waals surface area contributed by atoms with Crippen LogP contribution in [0.25, 0.3) is 83.0 Å². The minimum absolute atomic E-state index is 0.945. The predicted octanol–water partition coefficient (Wildman–Crippen LogP) is 13.0. The van der Waals surface area contributed by atoms with E-state index in [2.05, 4.69) is 181 Å². The first kappa shape index (κ1) is 29.9. The molecule has 0 spiro atoms. The SMILES string of the molecule is CCCc1ccc2c(-c3ccccc3)c3cc(-c4ccc(-n5c(-c6ccccc6)nc6ccccc65)cc4)ccc3c(-c3ccccc3)c2c1. The Morgan fingerprint density at radius 3 is 1.62 bits per heavy atom. The van der Waals surface area contributed by atoms with Crippen molar-refractivity contribution in [3.63, 3.8) is 0 Å². The molecule has 0 amide bonds. The fourth-order valence-corrected chi connectivity index (χ4v) is 7.60. The lowest BCUT2D eigenvalue weighted by Crippen LogP contribution is -1.97. The third-order valence-corrected chi connectivity index (χ3v) is 9.90. The Balaban J connectivity index is 1.25. The highest BCUT2D eigenvalue weighted by atomic mass is 15.1. The van der Waals surface area contributed by atoms with Crippen LogP contribution in [-0.4, -0.2) is 9.55 Å². The summed E-state index contributed by atoms with van der Waals surface area (Å²) < 4.78 is 2.27. The molecule has 1 aromatic heterocycles. The third kappa shape index (κ3) is 5.17. The summed E-state index contributed by atoms with van der Waals surface area (Å²) in [5, 5.41) is 5.14. The lowest BCUT2D eigenvalue weighted by atomic mass is 9.84. The summed E-state index contributed by atoms with van der Waals surface area (Å²) in [7, 11) is 0. The van der Waals surface area contributed by atoms with Gasteiger partial charge in [0.1, 0.15) is 5.82 Å². The molecule has 0 N–H and O–H groups in total. The Kier molecular flexibility index (Phi) is 7.55. The van der Waals surface area contributed by atoms with Gasteiger partial charge in [0.05, 0.1) is 11.0 Å². The van der Waals surface area contributed by atoms with Crippen LogP contribution in [0.4, 0.5) is 0 Å². The molecule has 0 saturated heterocycles. The second-order valence-electron chi connectivity index (χ2n) is 13.0. The minimum atomic E-state index is 0.945. The Bertz CT molecular complexity index is 2620. The maximum Gasteiger partial charge on any atom is 0.145 e. The van der Waals surface area contributed by atoms with Crippen LogP contribution in [0, 0.1) is 0 Å². The summed E-state index contributed by atoms with van der Waals surface area (Å²) >= 11 is 0. The zero-order chi connectivity index (χ0) is 33.4. The molecule has 0 aliphatic heterocycles. The van der Waals surface area contributed by atoms with Gasteiger partial charge in [-0.3, -0.25) is 4.57 Å². The van der Waals surface area contributed by atoms with E-state index in [1.165, 1.54) is 60.5 Å². The van der Waals surface area contributed by atoms with Crippen molar-refractivity contribution < 1.29 is 0 Å². The predicted molar refractivity (Wildman–Crippen MR) is 212 cm³/mol. The monoisotopic (exact) mass is 640 g/mol. The van der Waals surface area contributed by atoms with E-state index in [4.69, 9.17) is 4.98 Å². The van der Waals surface area contributed by atoms with Gasteiger partial charge in [0.15, 0.2) is 0 Å². The van der Waals surface area contributed by atoms with E-state index in [1.807, 2.05) is 6.07 Å². The number of aromatic nitrogens is 2. The molecule has 0 fully saturated rings. The number of benzene rings is 8. The average molecular weight is 641 g/mol.